The van der Waals surface area contributed by atoms with Gasteiger partial charge in [0.15, 0.2) is 5.69 Å². The van der Waals surface area contributed by atoms with Crippen LogP contribution in [0.4, 0.5) is 14.5 Å². The summed E-state index contributed by atoms with van der Waals surface area (Å²) >= 11 is 0. The molecule has 4 aromatic rings. The number of halogens is 2. The molecule has 0 saturated heterocycles. The summed E-state index contributed by atoms with van der Waals surface area (Å²) in [4.78, 5) is 16.6. The first-order chi connectivity index (χ1) is 16.0. The summed E-state index contributed by atoms with van der Waals surface area (Å²) in [6, 6.07) is 14.2. The fraction of sp³-hybridized carbons (Fsp3) is 0.269. The Morgan fingerprint density at radius 1 is 0.971 bits per heavy atom. The van der Waals surface area contributed by atoms with Crippen molar-refractivity contribution in [1.82, 2.24) is 24.7 Å². The van der Waals surface area contributed by atoms with Crippen LogP contribution in [0, 0.1) is 30.6 Å². The first-order valence-corrected chi connectivity index (χ1v) is 10.6. The van der Waals surface area contributed by atoms with E-state index in [-0.39, 0.29) is 37.7 Å². The molecule has 0 saturated carbocycles. The third-order valence-electron chi connectivity index (χ3n) is 5.46. The van der Waals surface area contributed by atoms with E-state index in [0.717, 1.165) is 6.07 Å². The maximum absolute atomic E-state index is 14.7. The van der Waals surface area contributed by atoms with E-state index in [1.165, 1.54) is 4.68 Å². The van der Waals surface area contributed by atoms with Crippen molar-refractivity contribution in [3.05, 3.63) is 95.1 Å². The van der Waals surface area contributed by atoms with Gasteiger partial charge < -0.3 is 14.6 Å². The zero-order chi connectivity index (χ0) is 24.7. The molecule has 6 nitrogen and oxygen atoms in total. The molecule has 0 N–H and O–H groups in total. The van der Waals surface area contributed by atoms with E-state index in [9.17, 15) is 8.78 Å². The molecule has 0 unspecified atom stereocenters. The van der Waals surface area contributed by atoms with Gasteiger partial charge in [0.25, 0.3) is 0 Å². The van der Waals surface area contributed by atoms with Gasteiger partial charge in [-0.15, -0.1) is 17.7 Å². The van der Waals surface area contributed by atoms with Gasteiger partial charge in [0.2, 0.25) is 0 Å². The molecule has 3 aromatic heterocycles. The van der Waals surface area contributed by atoms with Crippen LogP contribution in [-0.2, 0) is 31.9 Å². The van der Waals surface area contributed by atoms with Crippen LogP contribution in [-0.4, -0.2) is 24.7 Å². The van der Waals surface area contributed by atoms with Crippen LogP contribution in [0.3, 0.4) is 0 Å². The Bertz CT molecular complexity index is 1420. The molecule has 9 heteroatoms. The summed E-state index contributed by atoms with van der Waals surface area (Å²) in [5.41, 5.74) is -0.0349. The van der Waals surface area contributed by atoms with Gasteiger partial charge in [-0.1, -0.05) is 45.0 Å². The molecule has 0 aliphatic carbocycles. The SMILES string of the molecule is [C-]#[N+]c1c(F)c[c-]c(-c2cccc(C(C)(C)c3cccc(-n4[c-]nc(C(C)(C)C)n4)n3)n2)c1F.[Pt+2]. The second kappa shape index (κ2) is 9.75. The normalized spacial score (nSPS) is 11.6. The van der Waals surface area contributed by atoms with E-state index >= 15 is 0 Å². The molecule has 0 atom stereocenters. The Hall–Kier alpha value is -3.30. The Balaban J connectivity index is 0.00000342. The molecule has 0 aliphatic rings. The van der Waals surface area contributed by atoms with Crippen LogP contribution in [0.25, 0.3) is 21.9 Å². The van der Waals surface area contributed by atoms with Crippen LogP contribution in [0.1, 0.15) is 51.8 Å². The molecule has 0 radical (unpaired) electrons. The van der Waals surface area contributed by atoms with Crippen molar-refractivity contribution in [3.8, 4) is 17.1 Å². The van der Waals surface area contributed by atoms with Crippen LogP contribution < -0.4 is 0 Å². The summed E-state index contributed by atoms with van der Waals surface area (Å²) < 4.78 is 30.0. The van der Waals surface area contributed by atoms with Gasteiger partial charge in [-0.05, 0) is 37.1 Å². The molecule has 0 bridgehead atoms. The van der Waals surface area contributed by atoms with E-state index < -0.39 is 22.7 Å². The summed E-state index contributed by atoms with van der Waals surface area (Å²) in [7, 11) is 0. The minimum atomic E-state index is -0.978. The van der Waals surface area contributed by atoms with Crippen molar-refractivity contribution < 1.29 is 29.8 Å². The van der Waals surface area contributed by atoms with Crippen molar-refractivity contribution in [2.45, 2.75) is 45.4 Å². The minimum absolute atomic E-state index is 0. The number of rotatable bonds is 4. The van der Waals surface area contributed by atoms with Crippen LogP contribution in [0.2, 0.25) is 0 Å². The number of hydrogen-bond acceptors (Lipinski definition) is 4. The Morgan fingerprint density at radius 2 is 1.63 bits per heavy atom. The predicted octanol–water partition coefficient (Wildman–Crippen LogP) is 5.77. The number of aromatic nitrogens is 5. The number of benzene rings is 1. The van der Waals surface area contributed by atoms with Gasteiger partial charge in [0.1, 0.15) is 0 Å². The van der Waals surface area contributed by atoms with Gasteiger partial charge in [0, 0.05) is 34.8 Å². The molecule has 1 aromatic carbocycles. The molecule has 0 fully saturated rings. The van der Waals surface area contributed by atoms with Gasteiger partial charge in [-0.3, -0.25) is 18.6 Å². The molecular weight excluding hydrogens is 629 g/mol. The van der Waals surface area contributed by atoms with Crippen molar-refractivity contribution in [2.75, 3.05) is 0 Å². The van der Waals surface area contributed by atoms with Crippen LogP contribution in [0.15, 0.2) is 42.5 Å². The Labute approximate surface area is 217 Å². The molecular formula is C26H22F2N6Pt. The first-order valence-electron chi connectivity index (χ1n) is 10.6. The summed E-state index contributed by atoms with van der Waals surface area (Å²) in [6.07, 6.45) is 2.88. The van der Waals surface area contributed by atoms with E-state index in [1.807, 2.05) is 58.9 Å². The average Bonchev–Trinajstić information content (AvgIpc) is 3.31. The summed E-state index contributed by atoms with van der Waals surface area (Å²) in [6.45, 7) is 17.0. The number of hydrogen-bond donors (Lipinski definition) is 0. The predicted molar refractivity (Wildman–Crippen MR) is 124 cm³/mol. The summed E-state index contributed by atoms with van der Waals surface area (Å²) in [5, 5.41) is 4.51. The third-order valence-corrected chi connectivity index (χ3v) is 5.46. The second-order valence-electron chi connectivity index (χ2n) is 9.40. The van der Waals surface area contributed by atoms with Crippen molar-refractivity contribution in [2.24, 2.45) is 0 Å². The Morgan fingerprint density at radius 3 is 2.26 bits per heavy atom. The third kappa shape index (κ3) is 5.06. The largest absolute Gasteiger partial charge is 2.00 e. The Kier molecular flexibility index (Phi) is 7.33. The fourth-order valence-corrected chi connectivity index (χ4v) is 3.38. The molecule has 0 spiro atoms. The number of pyridine rings is 2. The van der Waals surface area contributed by atoms with Gasteiger partial charge in [0.05, 0.1) is 18.2 Å². The maximum atomic E-state index is 14.7. The zero-order valence-electron chi connectivity index (χ0n) is 19.8. The molecule has 0 aliphatic heterocycles. The molecule has 3 heterocycles. The van der Waals surface area contributed by atoms with Crippen LogP contribution >= 0.6 is 0 Å². The smallest absolute Gasteiger partial charge is 0.349 e. The average molecular weight is 652 g/mol. The van der Waals surface area contributed by atoms with Crippen molar-refractivity contribution >= 4 is 5.69 Å². The topological polar surface area (TPSA) is 60.9 Å². The molecule has 35 heavy (non-hydrogen) atoms. The van der Waals surface area contributed by atoms with E-state index in [1.54, 1.807) is 12.1 Å². The molecule has 180 valence electrons. The van der Waals surface area contributed by atoms with E-state index in [4.69, 9.17) is 11.6 Å². The summed E-state index contributed by atoms with van der Waals surface area (Å²) in [5.74, 6) is -0.712. The van der Waals surface area contributed by atoms with Crippen molar-refractivity contribution in [1.29, 1.82) is 0 Å². The van der Waals surface area contributed by atoms with Crippen LogP contribution in [0.5, 0.6) is 0 Å². The standard InChI is InChI=1S/C26H22F2N6.Pt/c1-25(2,3)24-30-15-34(33-24)21-12-8-11-20(32-21)26(4,5)19-10-7-9-18(31-19)16-13-14-17(27)23(29-6)22(16)28;/h7-12,14H,1-5H3;/q-2;+2. The number of nitrogens with zero attached hydrogens (tertiary/aromatic N) is 6. The fourth-order valence-electron chi connectivity index (χ4n) is 3.38. The first kappa shape index (κ1) is 26.3. The second-order valence-corrected chi connectivity index (χ2v) is 9.40. The quantitative estimate of drug-likeness (QED) is 0.263. The molecule has 4 rings (SSSR count). The zero-order valence-corrected chi connectivity index (χ0v) is 22.1. The van der Waals surface area contributed by atoms with E-state index in [2.05, 4.69) is 32.3 Å². The monoisotopic (exact) mass is 651 g/mol. The van der Waals surface area contributed by atoms with E-state index in [0.29, 0.717) is 23.0 Å². The van der Waals surface area contributed by atoms with Crippen molar-refractivity contribution in [3.63, 3.8) is 0 Å². The minimum Gasteiger partial charge on any atom is -0.349 e. The molecule has 0 amide bonds. The van der Waals surface area contributed by atoms with Gasteiger partial charge >= 0.3 is 21.1 Å². The van der Waals surface area contributed by atoms with Gasteiger partial charge in [-0.25, -0.2) is 5.10 Å². The van der Waals surface area contributed by atoms with Gasteiger partial charge in [-0.2, -0.15) is 0 Å². The maximum Gasteiger partial charge on any atom is 2.00 e.